The standard InChI is InChI=1S/C14H15BrN2/c1-14(2,3)13-16-9-11(15)12(17-13)10-7-5-4-6-8-10/h4-9H,1-3H3. The van der Waals surface area contributed by atoms with Crippen molar-refractivity contribution in [2.24, 2.45) is 0 Å². The zero-order valence-electron chi connectivity index (χ0n) is 10.2. The molecule has 3 heteroatoms. The van der Waals surface area contributed by atoms with Crippen LogP contribution in [0.2, 0.25) is 0 Å². The average molecular weight is 291 g/mol. The van der Waals surface area contributed by atoms with Crippen LogP contribution in [0.3, 0.4) is 0 Å². The summed E-state index contributed by atoms with van der Waals surface area (Å²) in [6.07, 6.45) is 1.83. The summed E-state index contributed by atoms with van der Waals surface area (Å²) in [5, 5.41) is 0. The summed E-state index contributed by atoms with van der Waals surface area (Å²) >= 11 is 3.51. The van der Waals surface area contributed by atoms with Crippen molar-refractivity contribution in [2.45, 2.75) is 26.2 Å². The molecule has 0 aliphatic rings. The second kappa shape index (κ2) is 4.57. The number of hydrogen-bond acceptors (Lipinski definition) is 2. The molecule has 0 unspecified atom stereocenters. The molecular weight excluding hydrogens is 276 g/mol. The largest absolute Gasteiger partial charge is 0.240 e. The fourth-order valence-electron chi connectivity index (χ4n) is 1.53. The molecular formula is C14H15BrN2. The summed E-state index contributed by atoms with van der Waals surface area (Å²) < 4.78 is 0.928. The molecule has 0 bridgehead atoms. The summed E-state index contributed by atoms with van der Waals surface area (Å²) in [6, 6.07) is 10.1. The number of aromatic nitrogens is 2. The van der Waals surface area contributed by atoms with E-state index in [2.05, 4.69) is 58.8 Å². The molecule has 2 nitrogen and oxygen atoms in total. The molecule has 0 N–H and O–H groups in total. The second-order valence-electron chi connectivity index (χ2n) is 5.01. The Hall–Kier alpha value is -1.22. The monoisotopic (exact) mass is 290 g/mol. The first-order valence-electron chi connectivity index (χ1n) is 5.57. The number of nitrogens with zero attached hydrogens (tertiary/aromatic N) is 2. The lowest BCUT2D eigenvalue weighted by Crippen LogP contribution is -2.16. The lowest BCUT2D eigenvalue weighted by atomic mass is 9.95. The summed E-state index contributed by atoms with van der Waals surface area (Å²) in [5.74, 6) is 0.861. The highest BCUT2D eigenvalue weighted by atomic mass is 79.9. The Labute approximate surface area is 110 Å². The normalized spacial score (nSPS) is 11.5. The SMILES string of the molecule is CC(C)(C)c1ncc(Br)c(-c2ccccc2)n1. The first-order valence-corrected chi connectivity index (χ1v) is 6.36. The summed E-state index contributed by atoms with van der Waals surface area (Å²) in [5.41, 5.74) is 2.02. The van der Waals surface area contributed by atoms with Gasteiger partial charge in [-0.3, -0.25) is 0 Å². The lowest BCUT2D eigenvalue weighted by Gasteiger charge is -2.17. The third-order valence-corrected chi connectivity index (χ3v) is 3.04. The van der Waals surface area contributed by atoms with Crippen molar-refractivity contribution in [2.75, 3.05) is 0 Å². The van der Waals surface area contributed by atoms with Gasteiger partial charge in [0.25, 0.3) is 0 Å². The van der Waals surface area contributed by atoms with Gasteiger partial charge in [-0.25, -0.2) is 9.97 Å². The van der Waals surface area contributed by atoms with Crippen molar-refractivity contribution in [1.82, 2.24) is 9.97 Å². The Bertz CT molecular complexity index is 515. The third kappa shape index (κ3) is 2.72. The fraction of sp³-hybridized carbons (Fsp3) is 0.286. The van der Waals surface area contributed by atoms with Gasteiger partial charge in [-0.05, 0) is 15.9 Å². The molecule has 0 fully saturated rings. The van der Waals surface area contributed by atoms with Gasteiger partial charge in [0.05, 0.1) is 10.2 Å². The molecule has 0 spiro atoms. The van der Waals surface area contributed by atoms with Crippen LogP contribution in [-0.4, -0.2) is 9.97 Å². The van der Waals surface area contributed by atoms with E-state index >= 15 is 0 Å². The van der Waals surface area contributed by atoms with Crippen LogP contribution in [0, 0.1) is 0 Å². The van der Waals surface area contributed by atoms with Crippen LogP contribution in [0.5, 0.6) is 0 Å². The molecule has 2 rings (SSSR count). The molecule has 0 aliphatic carbocycles. The Morgan fingerprint density at radius 1 is 1.06 bits per heavy atom. The van der Waals surface area contributed by atoms with Crippen LogP contribution < -0.4 is 0 Å². The highest BCUT2D eigenvalue weighted by molar-refractivity contribution is 9.10. The molecule has 0 atom stereocenters. The van der Waals surface area contributed by atoms with Crippen molar-refractivity contribution in [3.63, 3.8) is 0 Å². The fourth-order valence-corrected chi connectivity index (χ4v) is 1.95. The topological polar surface area (TPSA) is 25.8 Å². The van der Waals surface area contributed by atoms with Gasteiger partial charge in [0.15, 0.2) is 0 Å². The van der Waals surface area contributed by atoms with E-state index in [1.807, 2.05) is 24.4 Å². The van der Waals surface area contributed by atoms with Crippen molar-refractivity contribution in [3.05, 3.63) is 46.8 Å². The summed E-state index contributed by atoms with van der Waals surface area (Å²) in [6.45, 7) is 6.35. The van der Waals surface area contributed by atoms with Gasteiger partial charge in [-0.15, -0.1) is 0 Å². The maximum atomic E-state index is 4.66. The van der Waals surface area contributed by atoms with Crippen molar-refractivity contribution in [3.8, 4) is 11.3 Å². The van der Waals surface area contributed by atoms with Crippen LogP contribution in [0.4, 0.5) is 0 Å². The zero-order chi connectivity index (χ0) is 12.5. The van der Waals surface area contributed by atoms with Crippen LogP contribution in [0.15, 0.2) is 41.0 Å². The second-order valence-corrected chi connectivity index (χ2v) is 5.86. The predicted molar refractivity (Wildman–Crippen MR) is 73.9 cm³/mol. The third-order valence-electron chi connectivity index (χ3n) is 2.46. The number of rotatable bonds is 1. The van der Waals surface area contributed by atoms with E-state index in [9.17, 15) is 0 Å². The molecule has 0 amide bonds. The average Bonchev–Trinajstić information content (AvgIpc) is 2.29. The van der Waals surface area contributed by atoms with Gasteiger partial charge in [-0.1, -0.05) is 51.1 Å². The van der Waals surface area contributed by atoms with Gasteiger partial charge in [-0.2, -0.15) is 0 Å². The first-order chi connectivity index (χ1) is 7.98. The first kappa shape index (κ1) is 12.2. The highest BCUT2D eigenvalue weighted by Gasteiger charge is 2.19. The molecule has 1 heterocycles. The molecule has 0 aliphatic heterocycles. The van der Waals surface area contributed by atoms with E-state index in [1.165, 1.54) is 0 Å². The number of hydrogen-bond donors (Lipinski definition) is 0. The minimum absolute atomic E-state index is 0.0375. The van der Waals surface area contributed by atoms with Crippen LogP contribution in [0.25, 0.3) is 11.3 Å². The molecule has 0 saturated heterocycles. The molecule has 1 aromatic heterocycles. The van der Waals surface area contributed by atoms with Crippen LogP contribution in [-0.2, 0) is 5.41 Å². The highest BCUT2D eigenvalue weighted by Crippen LogP contribution is 2.28. The Morgan fingerprint density at radius 2 is 1.71 bits per heavy atom. The van der Waals surface area contributed by atoms with Gasteiger partial charge < -0.3 is 0 Å². The van der Waals surface area contributed by atoms with Gasteiger partial charge in [0.1, 0.15) is 5.82 Å². The Morgan fingerprint density at radius 3 is 2.29 bits per heavy atom. The van der Waals surface area contributed by atoms with Crippen molar-refractivity contribution in [1.29, 1.82) is 0 Å². The van der Waals surface area contributed by atoms with Crippen molar-refractivity contribution >= 4 is 15.9 Å². The van der Waals surface area contributed by atoms with E-state index in [4.69, 9.17) is 0 Å². The number of benzene rings is 1. The molecule has 0 radical (unpaired) electrons. The Balaban J connectivity index is 2.55. The van der Waals surface area contributed by atoms with E-state index in [1.54, 1.807) is 0 Å². The molecule has 2 aromatic rings. The van der Waals surface area contributed by atoms with E-state index in [0.29, 0.717) is 0 Å². The van der Waals surface area contributed by atoms with E-state index < -0.39 is 0 Å². The van der Waals surface area contributed by atoms with Crippen LogP contribution in [0.1, 0.15) is 26.6 Å². The minimum atomic E-state index is -0.0375. The molecule has 88 valence electrons. The predicted octanol–water partition coefficient (Wildman–Crippen LogP) is 4.20. The number of halogens is 1. The molecule has 17 heavy (non-hydrogen) atoms. The molecule has 0 saturated carbocycles. The summed E-state index contributed by atoms with van der Waals surface area (Å²) in [4.78, 5) is 9.03. The molecule has 1 aromatic carbocycles. The van der Waals surface area contributed by atoms with E-state index in [-0.39, 0.29) is 5.41 Å². The van der Waals surface area contributed by atoms with Gasteiger partial charge >= 0.3 is 0 Å². The summed E-state index contributed by atoms with van der Waals surface area (Å²) in [7, 11) is 0. The maximum absolute atomic E-state index is 4.66. The lowest BCUT2D eigenvalue weighted by molar-refractivity contribution is 0.545. The zero-order valence-corrected chi connectivity index (χ0v) is 11.8. The van der Waals surface area contributed by atoms with Gasteiger partial charge in [0.2, 0.25) is 0 Å². The van der Waals surface area contributed by atoms with Crippen LogP contribution >= 0.6 is 15.9 Å². The van der Waals surface area contributed by atoms with Gasteiger partial charge in [0, 0.05) is 17.2 Å². The quantitative estimate of drug-likeness (QED) is 0.786. The smallest absolute Gasteiger partial charge is 0.134 e. The van der Waals surface area contributed by atoms with Crippen molar-refractivity contribution < 1.29 is 0 Å². The maximum Gasteiger partial charge on any atom is 0.134 e. The van der Waals surface area contributed by atoms with E-state index in [0.717, 1.165) is 21.6 Å². The minimum Gasteiger partial charge on any atom is -0.240 e. The Kier molecular flexibility index (Phi) is 3.29.